The lowest BCUT2D eigenvalue weighted by atomic mass is 10.2. The van der Waals surface area contributed by atoms with Crippen molar-refractivity contribution in [2.45, 2.75) is 0 Å². The van der Waals surface area contributed by atoms with Crippen molar-refractivity contribution in [3.8, 4) is 17.2 Å². The lowest BCUT2D eigenvalue weighted by molar-refractivity contribution is 0.324. The third-order valence-corrected chi connectivity index (χ3v) is 3.44. The smallest absolute Gasteiger partial charge is 0.299 e. The summed E-state index contributed by atoms with van der Waals surface area (Å²) in [6.45, 7) is 0.343. The van der Waals surface area contributed by atoms with Gasteiger partial charge in [-0.15, -0.1) is 0 Å². The number of ether oxygens (including phenoxy) is 3. The molecule has 1 aromatic rings. The van der Waals surface area contributed by atoms with Gasteiger partial charge in [-0.3, -0.25) is 4.72 Å². The number of hydrogen-bond acceptors (Lipinski definition) is 6. The number of rotatable bonds is 8. The van der Waals surface area contributed by atoms with Crippen LogP contribution in [-0.4, -0.2) is 42.8 Å². The number of hydrogen-bond donors (Lipinski definition) is 3. The Kier molecular flexibility index (Phi) is 5.86. The fraction of sp³-hybridized carbons (Fsp3) is 0.455. The van der Waals surface area contributed by atoms with Gasteiger partial charge in [0.1, 0.15) is 0 Å². The minimum absolute atomic E-state index is 0.139. The SMILES string of the molecule is COc1cc(NS(=O)(=O)NCCN)cc(OC)c1OC. The molecule has 4 N–H and O–H groups in total. The molecule has 114 valence electrons. The average molecular weight is 305 g/mol. The van der Waals surface area contributed by atoms with Crippen LogP contribution in [0.1, 0.15) is 0 Å². The highest BCUT2D eigenvalue weighted by atomic mass is 32.2. The summed E-state index contributed by atoms with van der Waals surface area (Å²) in [7, 11) is 0.660. The summed E-state index contributed by atoms with van der Waals surface area (Å²) < 4.78 is 43.5. The largest absolute Gasteiger partial charge is 0.493 e. The van der Waals surface area contributed by atoms with Crippen LogP contribution in [0, 0.1) is 0 Å². The molecular formula is C11H19N3O5S. The van der Waals surface area contributed by atoms with Crippen molar-refractivity contribution in [1.29, 1.82) is 0 Å². The van der Waals surface area contributed by atoms with E-state index in [4.69, 9.17) is 19.9 Å². The molecule has 8 nitrogen and oxygen atoms in total. The molecule has 0 aromatic heterocycles. The van der Waals surface area contributed by atoms with E-state index in [0.29, 0.717) is 17.2 Å². The number of anilines is 1. The molecule has 0 radical (unpaired) electrons. The second kappa shape index (κ2) is 7.17. The van der Waals surface area contributed by atoms with Gasteiger partial charge in [0, 0.05) is 25.2 Å². The quantitative estimate of drug-likeness (QED) is 0.619. The Hall–Kier alpha value is -1.71. The van der Waals surface area contributed by atoms with Crippen LogP contribution in [0.25, 0.3) is 0 Å². The summed E-state index contributed by atoms with van der Waals surface area (Å²) in [5.41, 5.74) is 5.53. The van der Waals surface area contributed by atoms with E-state index in [1.165, 1.54) is 33.5 Å². The first-order valence-electron chi connectivity index (χ1n) is 5.75. The van der Waals surface area contributed by atoms with Crippen molar-refractivity contribution in [2.75, 3.05) is 39.1 Å². The Morgan fingerprint density at radius 1 is 1.10 bits per heavy atom. The van der Waals surface area contributed by atoms with E-state index in [0.717, 1.165) is 0 Å². The van der Waals surface area contributed by atoms with Crippen LogP contribution in [0.5, 0.6) is 17.2 Å². The van der Waals surface area contributed by atoms with Gasteiger partial charge in [-0.05, 0) is 0 Å². The van der Waals surface area contributed by atoms with Crippen LogP contribution in [-0.2, 0) is 10.2 Å². The highest BCUT2D eigenvalue weighted by Gasteiger charge is 2.16. The minimum atomic E-state index is -3.70. The van der Waals surface area contributed by atoms with Gasteiger partial charge in [0.2, 0.25) is 5.75 Å². The van der Waals surface area contributed by atoms with Crippen LogP contribution in [0.15, 0.2) is 12.1 Å². The number of methoxy groups -OCH3 is 3. The zero-order chi connectivity index (χ0) is 15.2. The summed E-state index contributed by atoms with van der Waals surface area (Å²) in [4.78, 5) is 0. The van der Waals surface area contributed by atoms with Gasteiger partial charge in [0.05, 0.1) is 27.0 Å². The monoisotopic (exact) mass is 305 g/mol. The molecule has 0 fully saturated rings. The molecular weight excluding hydrogens is 286 g/mol. The maximum Gasteiger partial charge on any atom is 0.299 e. The first-order chi connectivity index (χ1) is 9.47. The molecule has 0 aliphatic rings. The molecule has 20 heavy (non-hydrogen) atoms. The second-order valence-corrected chi connectivity index (χ2v) is 5.20. The second-order valence-electron chi connectivity index (χ2n) is 3.70. The molecule has 9 heteroatoms. The van der Waals surface area contributed by atoms with Crippen LogP contribution in [0.4, 0.5) is 5.69 Å². The molecule has 0 aliphatic heterocycles. The molecule has 0 aliphatic carbocycles. The van der Waals surface area contributed by atoms with E-state index >= 15 is 0 Å². The Morgan fingerprint density at radius 2 is 1.65 bits per heavy atom. The molecule has 0 amide bonds. The minimum Gasteiger partial charge on any atom is -0.493 e. The van der Waals surface area contributed by atoms with Gasteiger partial charge in [0.25, 0.3) is 10.2 Å². The van der Waals surface area contributed by atoms with E-state index in [2.05, 4.69) is 9.44 Å². The van der Waals surface area contributed by atoms with Crippen molar-refractivity contribution < 1.29 is 22.6 Å². The van der Waals surface area contributed by atoms with Crippen molar-refractivity contribution in [3.05, 3.63) is 12.1 Å². The summed E-state index contributed by atoms with van der Waals surface area (Å²) in [6.07, 6.45) is 0. The van der Waals surface area contributed by atoms with Gasteiger partial charge in [-0.25, -0.2) is 0 Å². The maximum absolute atomic E-state index is 11.7. The zero-order valence-corrected chi connectivity index (χ0v) is 12.4. The highest BCUT2D eigenvalue weighted by Crippen LogP contribution is 2.40. The normalized spacial score (nSPS) is 11.0. The Balaban J connectivity index is 3.08. The number of nitrogens with two attached hydrogens (primary N) is 1. The van der Waals surface area contributed by atoms with Crippen LogP contribution < -0.4 is 29.4 Å². The van der Waals surface area contributed by atoms with E-state index < -0.39 is 10.2 Å². The molecule has 1 rings (SSSR count). The molecule has 0 heterocycles. The molecule has 0 saturated heterocycles. The molecule has 0 spiro atoms. The van der Waals surface area contributed by atoms with E-state index in [1.807, 2.05) is 0 Å². The van der Waals surface area contributed by atoms with Crippen molar-refractivity contribution in [2.24, 2.45) is 5.73 Å². The first-order valence-corrected chi connectivity index (χ1v) is 7.23. The topological polar surface area (TPSA) is 112 Å². The maximum atomic E-state index is 11.7. The van der Waals surface area contributed by atoms with E-state index in [1.54, 1.807) is 0 Å². The summed E-state index contributed by atoms with van der Waals surface area (Å²) in [5, 5.41) is 0. The molecule has 0 unspecified atom stereocenters. The van der Waals surface area contributed by atoms with Crippen LogP contribution >= 0.6 is 0 Å². The lowest BCUT2D eigenvalue weighted by Crippen LogP contribution is -2.33. The summed E-state index contributed by atoms with van der Waals surface area (Å²) >= 11 is 0. The Morgan fingerprint density at radius 3 is 2.05 bits per heavy atom. The molecule has 0 bridgehead atoms. The fourth-order valence-corrected chi connectivity index (χ4v) is 2.41. The standard InChI is InChI=1S/C11H19N3O5S/c1-17-9-6-8(7-10(18-2)11(9)19-3)14-20(15,16)13-5-4-12/h6-7,13-14H,4-5,12H2,1-3H3. The third-order valence-electron chi connectivity index (χ3n) is 2.35. The zero-order valence-electron chi connectivity index (χ0n) is 11.6. The Bertz CT molecular complexity index is 522. The number of benzene rings is 1. The van der Waals surface area contributed by atoms with Crippen molar-refractivity contribution >= 4 is 15.9 Å². The Labute approximate surface area is 118 Å². The van der Waals surface area contributed by atoms with Gasteiger partial charge < -0.3 is 19.9 Å². The predicted octanol–water partition coefficient (Wildman–Crippen LogP) is -0.0826. The highest BCUT2D eigenvalue weighted by molar-refractivity contribution is 7.90. The molecule has 0 saturated carbocycles. The van der Waals surface area contributed by atoms with Crippen molar-refractivity contribution in [1.82, 2.24) is 4.72 Å². The van der Waals surface area contributed by atoms with E-state index in [-0.39, 0.29) is 18.8 Å². The van der Waals surface area contributed by atoms with Crippen LogP contribution in [0.3, 0.4) is 0 Å². The molecule has 0 atom stereocenters. The predicted molar refractivity (Wildman–Crippen MR) is 75.7 cm³/mol. The van der Waals surface area contributed by atoms with Gasteiger partial charge in [-0.2, -0.15) is 13.1 Å². The molecule has 1 aromatic carbocycles. The van der Waals surface area contributed by atoms with Gasteiger partial charge in [-0.1, -0.05) is 0 Å². The van der Waals surface area contributed by atoms with Gasteiger partial charge in [0.15, 0.2) is 11.5 Å². The fourth-order valence-electron chi connectivity index (χ4n) is 1.52. The third kappa shape index (κ3) is 4.15. The van der Waals surface area contributed by atoms with Gasteiger partial charge >= 0.3 is 0 Å². The number of nitrogens with one attached hydrogen (secondary N) is 2. The average Bonchev–Trinajstić information content (AvgIpc) is 2.43. The lowest BCUT2D eigenvalue weighted by Gasteiger charge is -2.15. The van der Waals surface area contributed by atoms with Crippen LogP contribution in [0.2, 0.25) is 0 Å². The van der Waals surface area contributed by atoms with E-state index in [9.17, 15) is 8.42 Å². The summed E-state index contributed by atoms with van der Waals surface area (Å²) in [5.74, 6) is 1.08. The van der Waals surface area contributed by atoms with Crippen molar-refractivity contribution in [3.63, 3.8) is 0 Å². The first kappa shape index (κ1) is 16.3. The summed E-state index contributed by atoms with van der Waals surface area (Å²) in [6, 6.07) is 2.98.